The molecule has 8 heteroatoms. The van der Waals surface area contributed by atoms with Gasteiger partial charge in [0.1, 0.15) is 6.33 Å². The number of sulfonamides is 1. The van der Waals surface area contributed by atoms with Gasteiger partial charge in [0, 0.05) is 7.05 Å². The minimum absolute atomic E-state index is 0.0550. The van der Waals surface area contributed by atoms with E-state index in [0.717, 1.165) is 0 Å². The van der Waals surface area contributed by atoms with Crippen LogP contribution in [0.3, 0.4) is 0 Å². The third-order valence-corrected chi connectivity index (χ3v) is 3.83. The van der Waals surface area contributed by atoms with Crippen LogP contribution in [0, 0.1) is 11.3 Å². The molecule has 1 aromatic heterocycles. The fourth-order valence-corrected chi connectivity index (χ4v) is 2.67. The lowest BCUT2D eigenvalue weighted by Gasteiger charge is -2.05. The summed E-state index contributed by atoms with van der Waals surface area (Å²) >= 11 is 0. The fraction of sp³-hybridized carbons (Fsp3) is 0.250. The molecule has 0 aliphatic rings. The first-order valence-electron chi connectivity index (χ1n) is 5.79. The number of hydrogen-bond donors (Lipinski definition) is 1. The summed E-state index contributed by atoms with van der Waals surface area (Å²) in [5.74, 6) is 0.266. The predicted octanol–water partition coefficient (Wildman–Crippen LogP) is 0.306. The van der Waals surface area contributed by atoms with Crippen molar-refractivity contribution in [2.45, 2.75) is 12.3 Å². The van der Waals surface area contributed by atoms with Gasteiger partial charge in [-0.25, -0.2) is 18.1 Å². The van der Waals surface area contributed by atoms with Gasteiger partial charge >= 0.3 is 0 Å². The second kappa shape index (κ2) is 5.81. The minimum atomic E-state index is -3.47. The van der Waals surface area contributed by atoms with Crippen molar-refractivity contribution in [1.82, 2.24) is 19.5 Å². The molecule has 0 aliphatic heterocycles. The second-order valence-electron chi connectivity index (χ2n) is 4.22. The molecular weight excluding hydrogens is 278 g/mol. The van der Waals surface area contributed by atoms with Crippen LogP contribution in [0.2, 0.25) is 0 Å². The zero-order valence-corrected chi connectivity index (χ0v) is 11.6. The standard InChI is InChI=1S/C12H13N5O2S/c1-17-9-14-12(16-17)7-15-20(18,19)8-11-4-2-10(6-13)3-5-11/h2-5,9,15H,7-8H2,1H3. The van der Waals surface area contributed by atoms with Crippen molar-refractivity contribution >= 4 is 10.0 Å². The molecule has 20 heavy (non-hydrogen) atoms. The highest BCUT2D eigenvalue weighted by Crippen LogP contribution is 2.07. The Labute approximate surface area is 116 Å². The van der Waals surface area contributed by atoms with Crippen LogP contribution in [0.4, 0.5) is 0 Å². The highest BCUT2D eigenvalue weighted by molar-refractivity contribution is 7.88. The lowest BCUT2D eigenvalue weighted by molar-refractivity contribution is 0.578. The smallest absolute Gasteiger partial charge is 0.216 e. The van der Waals surface area contributed by atoms with Crippen LogP contribution in [0.15, 0.2) is 30.6 Å². The van der Waals surface area contributed by atoms with Gasteiger partial charge in [-0.2, -0.15) is 10.4 Å². The lowest BCUT2D eigenvalue weighted by atomic mass is 10.2. The van der Waals surface area contributed by atoms with Crippen LogP contribution in [-0.2, 0) is 29.4 Å². The summed E-state index contributed by atoms with van der Waals surface area (Å²) in [5.41, 5.74) is 1.11. The number of nitrogens with one attached hydrogen (secondary N) is 1. The van der Waals surface area contributed by atoms with Crippen LogP contribution in [-0.4, -0.2) is 23.2 Å². The Kier molecular flexibility index (Phi) is 4.12. The summed E-state index contributed by atoms with van der Waals surface area (Å²) in [7, 11) is -1.76. The number of rotatable bonds is 5. The molecule has 0 atom stereocenters. The van der Waals surface area contributed by atoms with Gasteiger partial charge in [0.05, 0.1) is 23.9 Å². The molecule has 0 fully saturated rings. The Morgan fingerprint density at radius 2 is 2.05 bits per heavy atom. The van der Waals surface area contributed by atoms with E-state index in [1.165, 1.54) is 11.0 Å². The van der Waals surface area contributed by atoms with E-state index < -0.39 is 10.0 Å². The molecule has 2 aromatic rings. The number of nitrogens with zero attached hydrogens (tertiary/aromatic N) is 4. The van der Waals surface area contributed by atoms with Gasteiger partial charge in [0.15, 0.2) is 5.82 Å². The van der Waals surface area contributed by atoms with Crippen molar-refractivity contribution in [2.24, 2.45) is 7.05 Å². The average molecular weight is 291 g/mol. The molecule has 1 aromatic carbocycles. The van der Waals surface area contributed by atoms with Crippen molar-refractivity contribution < 1.29 is 8.42 Å². The Balaban J connectivity index is 1.98. The van der Waals surface area contributed by atoms with E-state index >= 15 is 0 Å². The average Bonchev–Trinajstić information content (AvgIpc) is 2.83. The summed E-state index contributed by atoms with van der Waals surface area (Å²) < 4.78 is 27.7. The normalized spacial score (nSPS) is 11.2. The third-order valence-electron chi connectivity index (χ3n) is 2.54. The zero-order valence-electron chi connectivity index (χ0n) is 10.8. The molecule has 1 N–H and O–H groups in total. The van der Waals surface area contributed by atoms with Gasteiger partial charge in [0.25, 0.3) is 0 Å². The van der Waals surface area contributed by atoms with Gasteiger partial charge in [-0.1, -0.05) is 12.1 Å². The molecule has 0 saturated heterocycles. The molecule has 0 aliphatic carbocycles. The Hall–Kier alpha value is -2.24. The van der Waals surface area contributed by atoms with Gasteiger partial charge < -0.3 is 0 Å². The molecule has 7 nitrogen and oxygen atoms in total. The Morgan fingerprint density at radius 1 is 1.35 bits per heavy atom. The summed E-state index contributed by atoms with van der Waals surface area (Å²) in [4.78, 5) is 3.94. The number of aryl methyl sites for hydroxylation is 1. The van der Waals surface area contributed by atoms with Gasteiger partial charge in [-0.3, -0.25) is 4.68 Å². The maximum atomic E-state index is 11.9. The summed E-state index contributed by atoms with van der Waals surface area (Å²) in [5, 5.41) is 12.7. The van der Waals surface area contributed by atoms with Crippen molar-refractivity contribution in [3.8, 4) is 6.07 Å². The summed E-state index contributed by atoms with van der Waals surface area (Å²) in [6.45, 7) is 0.0550. The van der Waals surface area contributed by atoms with Crippen LogP contribution in [0.1, 0.15) is 17.0 Å². The maximum Gasteiger partial charge on any atom is 0.216 e. The Morgan fingerprint density at radius 3 is 2.60 bits per heavy atom. The number of nitriles is 1. The number of aromatic nitrogens is 3. The Bertz CT molecular complexity index is 728. The molecule has 0 amide bonds. The molecule has 0 unspecified atom stereocenters. The monoisotopic (exact) mass is 291 g/mol. The molecule has 2 rings (SSSR count). The van der Waals surface area contributed by atoms with Crippen LogP contribution < -0.4 is 4.72 Å². The van der Waals surface area contributed by atoms with Crippen LogP contribution in [0.5, 0.6) is 0 Å². The van der Waals surface area contributed by atoms with Gasteiger partial charge in [-0.05, 0) is 17.7 Å². The lowest BCUT2D eigenvalue weighted by Crippen LogP contribution is -2.25. The molecule has 1 heterocycles. The first kappa shape index (κ1) is 14.2. The highest BCUT2D eigenvalue weighted by atomic mass is 32.2. The molecule has 104 valence electrons. The topological polar surface area (TPSA) is 101 Å². The van der Waals surface area contributed by atoms with E-state index in [-0.39, 0.29) is 12.3 Å². The van der Waals surface area contributed by atoms with Gasteiger partial charge in [-0.15, -0.1) is 0 Å². The molecule has 0 saturated carbocycles. The van der Waals surface area contributed by atoms with E-state index in [0.29, 0.717) is 17.0 Å². The van der Waals surface area contributed by atoms with Gasteiger partial charge in [0.2, 0.25) is 10.0 Å². The zero-order chi connectivity index (χ0) is 14.6. The summed E-state index contributed by atoms with van der Waals surface area (Å²) in [6.07, 6.45) is 1.50. The maximum absolute atomic E-state index is 11.9. The number of hydrogen-bond acceptors (Lipinski definition) is 5. The second-order valence-corrected chi connectivity index (χ2v) is 6.03. The van der Waals surface area contributed by atoms with E-state index in [1.54, 1.807) is 31.3 Å². The van der Waals surface area contributed by atoms with Crippen molar-refractivity contribution in [2.75, 3.05) is 0 Å². The first-order chi connectivity index (χ1) is 9.48. The third kappa shape index (κ3) is 3.88. The largest absolute Gasteiger partial charge is 0.256 e. The van der Waals surface area contributed by atoms with Crippen molar-refractivity contribution in [3.05, 3.63) is 47.5 Å². The van der Waals surface area contributed by atoms with Crippen LogP contribution >= 0.6 is 0 Å². The molecule has 0 spiro atoms. The predicted molar refractivity (Wildman–Crippen MR) is 71.6 cm³/mol. The quantitative estimate of drug-likeness (QED) is 0.854. The fourth-order valence-electron chi connectivity index (χ4n) is 1.59. The van der Waals surface area contributed by atoms with E-state index in [9.17, 15) is 8.42 Å². The van der Waals surface area contributed by atoms with E-state index in [2.05, 4.69) is 14.8 Å². The minimum Gasteiger partial charge on any atom is -0.256 e. The molecular formula is C12H13N5O2S. The van der Waals surface area contributed by atoms with Crippen molar-refractivity contribution in [3.63, 3.8) is 0 Å². The van der Waals surface area contributed by atoms with Crippen LogP contribution in [0.25, 0.3) is 0 Å². The highest BCUT2D eigenvalue weighted by Gasteiger charge is 2.12. The number of benzene rings is 1. The van der Waals surface area contributed by atoms with E-state index in [1.807, 2.05) is 6.07 Å². The molecule has 0 radical (unpaired) electrons. The molecule has 0 bridgehead atoms. The van der Waals surface area contributed by atoms with E-state index in [4.69, 9.17) is 5.26 Å². The SMILES string of the molecule is Cn1cnc(CNS(=O)(=O)Cc2ccc(C#N)cc2)n1. The first-order valence-corrected chi connectivity index (χ1v) is 7.44. The van der Waals surface area contributed by atoms with Crippen molar-refractivity contribution in [1.29, 1.82) is 5.26 Å². The summed E-state index contributed by atoms with van der Waals surface area (Å²) in [6, 6.07) is 8.40.